The summed E-state index contributed by atoms with van der Waals surface area (Å²) in [6.45, 7) is 2.94. The molecule has 2 unspecified atom stereocenters. The minimum absolute atomic E-state index is 0.0302. The Balaban J connectivity index is 1.36. The molecule has 2 atom stereocenters. The lowest BCUT2D eigenvalue weighted by atomic mass is 9.89. The van der Waals surface area contributed by atoms with Gasteiger partial charge in [0.15, 0.2) is 5.78 Å². The molecule has 0 aliphatic carbocycles. The lowest BCUT2D eigenvalue weighted by Crippen LogP contribution is -2.58. The first-order valence-corrected chi connectivity index (χ1v) is 11.5. The van der Waals surface area contributed by atoms with Gasteiger partial charge in [0.25, 0.3) is 0 Å². The Labute approximate surface area is 193 Å². The molecule has 33 heavy (non-hydrogen) atoms. The van der Waals surface area contributed by atoms with Crippen molar-refractivity contribution < 1.29 is 13.9 Å². The van der Waals surface area contributed by atoms with Crippen molar-refractivity contribution in [1.82, 2.24) is 9.88 Å². The number of hydrogen-bond acceptors (Lipinski definition) is 5. The lowest BCUT2D eigenvalue weighted by Gasteiger charge is -2.43. The van der Waals surface area contributed by atoms with Crippen LogP contribution in [-0.2, 0) is 6.42 Å². The van der Waals surface area contributed by atoms with Crippen molar-refractivity contribution in [2.24, 2.45) is 0 Å². The highest BCUT2D eigenvalue weighted by atomic mass is 19.1. The van der Waals surface area contributed by atoms with Crippen LogP contribution in [0, 0.1) is 5.82 Å². The fraction of sp³-hybridized carbons (Fsp3) is 0.346. The molecule has 172 valence electrons. The molecule has 5 rings (SSSR count). The van der Waals surface area contributed by atoms with E-state index in [0.29, 0.717) is 11.4 Å². The Kier molecular flexibility index (Phi) is 6.05. The molecule has 0 saturated carbocycles. The normalized spacial score (nSPS) is 19.5. The molecule has 3 heterocycles. The Morgan fingerprint density at radius 3 is 2.67 bits per heavy atom. The molecule has 1 aromatic heterocycles. The third kappa shape index (κ3) is 4.33. The molecule has 0 bridgehead atoms. The van der Waals surface area contributed by atoms with Gasteiger partial charge in [-0.2, -0.15) is 0 Å². The predicted molar refractivity (Wildman–Crippen MR) is 128 cm³/mol. The van der Waals surface area contributed by atoms with Crippen LogP contribution in [0.2, 0.25) is 0 Å². The number of methoxy groups -OCH3 is 1. The van der Waals surface area contributed by atoms with Gasteiger partial charge < -0.3 is 19.9 Å². The first-order valence-electron chi connectivity index (χ1n) is 11.5. The molecule has 0 spiro atoms. The number of ketones is 1. The van der Waals surface area contributed by atoms with Crippen molar-refractivity contribution in [1.29, 1.82) is 0 Å². The van der Waals surface area contributed by atoms with E-state index in [-0.39, 0.29) is 23.7 Å². The molecular weight excluding hydrogens is 419 g/mol. The predicted octanol–water partition coefficient (Wildman–Crippen LogP) is 3.96. The fourth-order valence-corrected chi connectivity index (χ4v) is 5.10. The number of rotatable bonds is 6. The van der Waals surface area contributed by atoms with Gasteiger partial charge in [-0.1, -0.05) is 18.2 Å². The van der Waals surface area contributed by atoms with Crippen LogP contribution in [-0.4, -0.2) is 61.0 Å². The molecule has 1 fully saturated rings. The third-order valence-electron chi connectivity index (χ3n) is 6.79. The smallest absolute Gasteiger partial charge is 0.198 e. The van der Waals surface area contributed by atoms with E-state index in [1.165, 1.54) is 17.7 Å². The summed E-state index contributed by atoms with van der Waals surface area (Å²) in [5.41, 5.74) is 3.94. The van der Waals surface area contributed by atoms with Gasteiger partial charge in [-0.25, -0.2) is 4.39 Å². The van der Waals surface area contributed by atoms with E-state index in [4.69, 9.17) is 4.74 Å². The fourth-order valence-electron chi connectivity index (χ4n) is 5.10. The Bertz CT molecular complexity index is 1110. The monoisotopic (exact) mass is 448 g/mol. The van der Waals surface area contributed by atoms with E-state index in [1.807, 2.05) is 18.2 Å². The summed E-state index contributed by atoms with van der Waals surface area (Å²) in [6, 6.07) is 16.5. The summed E-state index contributed by atoms with van der Waals surface area (Å²) in [5, 5.41) is 3.65. The molecule has 2 aromatic carbocycles. The van der Waals surface area contributed by atoms with Gasteiger partial charge in [-0.05, 0) is 48.7 Å². The maximum Gasteiger partial charge on any atom is 0.198 e. The van der Waals surface area contributed by atoms with Crippen LogP contribution < -0.4 is 15.0 Å². The number of aryl methyl sites for hydroxylation is 1. The van der Waals surface area contributed by atoms with Gasteiger partial charge >= 0.3 is 0 Å². The SMILES string of the molecule is COc1cc(F)ccc1N1CCN(C(C(=O)c2ccc[nH]2)C2CCc3ccccc3N2)CC1. The van der Waals surface area contributed by atoms with E-state index in [1.54, 1.807) is 19.4 Å². The zero-order chi connectivity index (χ0) is 22.8. The number of aromatic amines is 1. The maximum atomic E-state index is 13.6. The number of nitrogens with one attached hydrogen (secondary N) is 2. The van der Waals surface area contributed by atoms with Crippen LogP contribution >= 0.6 is 0 Å². The molecule has 2 aliphatic rings. The van der Waals surface area contributed by atoms with Crippen molar-refractivity contribution in [2.75, 3.05) is 43.5 Å². The van der Waals surface area contributed by atoms with E-state index in [9.17, 15) is 9.18 Å². The third-order valence-corrected chi connectivity index (χ3v) is 6.79. The van der Waals surface area contributed by atoms with Crippen molar-refractivity contribution in [3.05, 3.63) is 77.9 Å². The molecule has 2 N–H and O–H groups in total. The van der Waals surface area contributed by atoms with Crippen LogP contribution in [0.4, 0.5) is 15.8 Å². The summed E-state index contributed by atoms with van der Waals surface area (Å²) in [7, 11) is 1.56. The second-order valence-corrected chi connectivity index (χ2v) is 8.68. The van der Waals surface area contributed by atoms with E-state index >= 15 is 0 Å². The number of H-pyrrole nitrogens is 1. The summed E-state index contributed by atoms with van der Waals surface area (Å²) in [4.78, 5) is 21.2. The number of halogens is 1. The van der Waals surface area contributed by atoms with Gasteiger partial charge in [0.1, 0.15) is 11.6 Å². The first kappa shape index (κ1) is 21.5. The molecule has 0 radical (unpaired) electrons. The first-order chi connectivity index (χ1) is 16.1. The Hall–Kier alpha value is -3.32. The number of anilines is 2. The number of piperazine rings is 1. The molecule has 3 aromatic rings. The highest BCUT2D eigenvalue weighted by Crippen LogP contribution is 2.32. The zero-order valence-electron chi connectivity index (χ0n) is 18.8. The van der Waals surface area contributed by atoms with Gasteiger partial charge in [0.05, 0.1) is 24.5 Å². The molecule has 6 nitrogen and oxygen atoms in total. The molecule has 7 heteroatoms. The van der Waals surface area contributed by atoms with E-state index in [0.717, 1.165) is 50.4 Å². The van der Waals surface area contributed by atoms with Gasteiger partial charge in [-0.3, -0.25) is 9.69 Å². The summed E-state index contributed by atoms with van der Waals surface area (Å²) < 4.78 is 19.1. The standard InChI is InChI=1S/C26H29FN4O2/c1-33-24-17-19(27)9-11-23(24)30-13-15-31(16-14-30)25(26(32)22-7-4-12-28-22)21-10-8-18-5-2-3-6-20(18)29-21/h2-7,9,11-12,17,21,25,28-29H,8,10,13-16H2,1H3. The highest BCUT2D eigenvalue weighted by molar-refractivity contribution is 5.99. The van der Waals surface area contributed by atoms with Crippen LogP contribution in [0.25, 0.3) is 0 Å². The average Bonchev–Trinajstić information content (AvgIpc) is 3.40. The van der Waals surface area contributed by atoms with Gasteiger partial charge in [-0.15, -0.1) is 0 Å². The Morgan fingerprint density at radius 1 is 1.09 bits per heavy atom. The van der Waals surface area contributed by atoms with Crippen LogP contribution in [0.5, 0.6) is 5.75 Å². The highest BCUT2D eigenvalue weighted by Gasteiger charge is 2.38. The Morgan fingerprint density at radius 2 is 1.91 bits per heavy atom. The number of para-hydroxylation sites is 1. The summed E-state index contributed by atoms with van der Waals surface area (Å²) in [6.07, 6.45) is 3.65. The number of aromatic nitrogens is 1. The largest absolute Gasteiger partial charge is 0.494 e. The second kappa shape index (κ2) is 9.27. The molecular formula is C26H29FN4O2. The number of Topliss-reactive ketones (excluding diaryl/α,β-unsaturated/α-hetero) is 1. The van der Waals surface area contributed by atoms with E-state index < -0.39 is 0 Å². The number of carbonyl (C=O) groups excluding carboxylic acids is 1. The van der Waals surface area contributed by atoms with Crippen molar-refractivity contribution >= 4 is 17.2 Å². The minimum atomic E-state index is -0.311. The number of ether oxygens (including phenoxy) is 1. The number of benzene rings is 2. The lowest BCUT2D eigenvalue weighted by molar-refractivity contribution is 0.0766. The average molecular weight is 449 g/mol. The molecule has 0 amide bonds. The van der Waals surface area contributed by atoms with Gasteiger partial charge in [0.2, 0.25) is 0 Å². The number of carbonyl (C=O) groups is 1. The van der Waals surface area contributed by atoms with Gasteiger partial charge in [0, 0.05) is 50.2 Å². The van der Waals surface area contributed by atoms with Crippen molar-refractivity contribution in [3.8, 4) is 5.75 Å². The van der Waals surface area contributed by atoms with Crippen molar-refractivity contribution in [2.45, 2.75) is 24.9 Å². The number of hydrogen-bond donors (Lipinski definition) is 2. The molecule has 1 saturated heterocycles. The van der Waals surface area contributed by atoms with E-state index in [2.05, 4.69) is 38.3 Å². The summed E-state index contributed by atoms with van der Waals surface area (Å²) >= 11 is 0. The summed E-state index contributed by atoms with van der Waals surface area (Å²) in [5.74, 6) is 0.340. The van der Waals surface area contributed by atoms with Crippen LogP contribution in [0.1, 0.15) is 22.5 Å². The minimum Gasteiger partial charge on any atom is -0.494 e. The quantitative estimate of drug-likeness (QED) is 0.559. The topological polar surface area (TPSA) is 60.6 Å². The number of nitrogens with zero attached hydrogens (tertiary/aromatic N) is 2. The van der Waals surface area contributed by atoms with Crippen molar-refractivity contribution in [3.63, 3.8) is 0 Å². The number of fused-ring (bicyclic) bond motifs is 1. The van der Waals surface area contributed by atoms with Crippen LogP contribution in [0.15, 0.2) is 60.8 Å². The zero-order valence-corrected chi connectivity index (χ0v) is 18.8. The molecule has 2 aliphatic heterocycles. The maximum absolute atomic E-state index is 13.6. The van der Waals surface area contributed by atoms with Crippen LogP contribution in [0.3, 0.4) is 0 Å². The second-order valence-electron chi connectivity index (χ2n) is 8.68.